The molecule has 0 spiro atoms. The first kappa shape index (κ1) is 14.9. The summed E-state index contributed by atoms with van der Waals surface area (Å²) in [5.74, 6) is 0.146. The van der Waals surface area contributed by atoms with Gasteiger partial charge in [0.15, 0.2) is 0 Å². The highest BCUT2D eigenvalue weighted by Gasteiger charge is 2.28. The summed E-state index contributed by atoms with van der Waals surface area (Å²) in [5, 5.41) is 3.01. The quantitative estimate of drug-likeness (QED) is 0.650. The fourth-order valence-corrected chi connectivity index (χ4v) is 2.91. The number of hydrogen-bond donors (Lipinski definition) is 2. The number of rotatable bonds is 7. The third kappa shape index (κ3) is 5.81. The van der Waals surface area contributed by atoms with Crippen molar-refractivity contribution >= 4 is 10.0 Å². The van der Waals surface area contributed by atoms with Crippen LogP contribution in [0.15, 0.2) is 0 Å². The third-order valence-electron chi connectivity index (χ3n) is 3.22. The molecule has 0 aromatic heterocycles. The minimum Gasteiger partial charge on any atom is -0.381 e. The Balaban J connectivity index is 2.32. The summed E-state index contributed by atoms with van der Waals surface area (Å²) in [4.78, 5) is 0. The van der Waals surface area contributed by atoms with E-state index in [9.17, 15) is 8.42 Å². The molecule has 1 aliphatic rings. The lowest BCUT2D eigenvalue weighted by molar-refractivity contribution is 0.0265. The second-order valence-electron chi connectivity index (χ2n) is 4.92. The predicted molar refractivity (Wildman–Crippen MR) is 68.5 cm³/mol. The van der Waals surface area contributed by atoms with Gasteiger partial charge in [0, 0.05) is 26.3 Å². The molecule has 0 saturated carbocycles. The Morgan fingerprint density at radius 1 is 1.29 bits per heavy atom. The highest BCUT2D eigenvalue weighted by atomic mass is 32.2. The first-order valence-electron chi connectivity index (χ1n) is 6.23. The van der Waals surface area contributed by atoms with Gasteiger partial charge in [-0.25, -0.2) is 13.1 Å². The van der Waals surface area contributed by atoms with Crippen molar-refractivity contribution in [1.82, 2.24) is 10.0 Å². The van der Waals surface area contributed by atoms with E-state index in [-0.39, 0.29) is 11.2 Å². The van der Waals surface area contributed by atoms with Gasteiger partial charge in [-0.1, -0.05) is 13.8 Å². The van der Waals surface area contributed by atoms with Gasteiger partial charge in [0.1, 0.15) is 0 Å². The summed E-state index contributed by atoms with van der Waals surface area (Å²) < 4.78 is 31.4. The van der Waals surface area contributed by atoms with Crippen LogP contribution in [0.2, 0.25) is 0 Å². The molecule has 1 saturated heterocycles. The Labute approximate surface area is 104 Å². The number of ether oxygens (including phenoxy) is 1. The molecule has 0 aromatic rings. The number of hydrogen-bond acceptors (Lipinski definition) is 4. The van der Waals surface area contributed by atoms with E-state index in [0.717, 1.165) is 32.6 Å². The summed E-state index contributed by atoms with van der Waals surface area (Å²) in [6.45, 7) is 7.36. The maximum absolute atomic E-state index is 11.7. The minimum atomic E-state index is -3.14. The van der Waals surface area contributed by atoms with Gasteiger partial charge in [-0.05, 0) is 24.8 Å². The molecule has 0 aromatic carbocycles. The first-order chi connectivity index (χ1) is 7.97. The average Bonchev–Trinajstić information content (AvgIpc) is 2.28. The highest BCUT2D eigenvalue weighted by Crippen LogP contribution is 2.28. The fraction of sp³-hybridized carbons (Fsp3) is 1.00. The van der Waals surface area contributed by atoms with Gasteiger partial charge in [-0.2, -0.15) is 0 Å². The lowest BCUT2D eigenvalue weighted by atomic mass is 9.83. The minimum absolute atomic E-state index is 0.0451. The third-order valence-corrected chi connectivity index (χ3v) is 4.54. The molecule has 2 N–H and O–H groups in total. The Kier molecular flexibility index (Phi) is 5.85. The van der Waals surface area contributed by atoms with Crippen LogP contribution < -0.4 is 10.0 Å². The van der Waals surface area contributed by atoms with Gasteiger partial charge in [0.05, 0.1) is 5.75 Å². The zero-order valence-electron chi connectivity index (χ0n) is 10.8. The monoisotopic (exact) mass is 264 g/mol. The van der Waals surface area contributed by atoms with E-state index in [1.807, 2.05) is 6.92 Å². The average molecular weight is 264 g/mol. The van der Waals surface area contributed by atoms with Crippen molar-refractivity contribution in [1.29, 1.82) is 0 Å². The standard InChI is InChI=1S/C11H24N2O3S/c1-3-12-6-9-17(14,15)13-10-11(2)4-7-16-8-5-11/h12-13H,3-10H2,1-2H3. The van der Waals surface area contributed by atoms with Gasteiger partial charge in [-0.15, -0.1) is 0 Å². The van der Waals surface area contributed by atoms with Crippen molar-refractivity contribution in [2.45, 2.75) is 26.7 Å². The lowest BCUT2D eigenvalue weighted by Gasteiger charge is -2.33. The summed E-state index contributed by atoms with van der Waals surface area (Å²) in [6.07, 6.45) is 1.84. The van der Waals surface area contributed by atoms with Crippen LogP contribution in [0, 0.1) is 5.41 Å². The molecule has 1 aliphatic heterocycles. The van der Waals surface area contributed by atoms with Gasteiger partial charge < -0.3 is 10.1 Å². The van der Waals surface area contributed by atoms with E-state index < -0.39 is 10.0 Å². The van der Waals surface area contributed by atoms with Crippen molar-refractivity contribution in [2.24, 2.45) is 5.41 Å². The van der Waals surface area contributed by atoms with E-state index in [0.29, 0.717) is 13.1 Å². The molecule has 0 atom stereocenters. The molecular formula is C11H24N2O3S. The molecule has 0 unspecified atom stereocenters. The van der Waals surface area contributed by atoms with Crippen LogP contribution in [0.4, 0.5) is 0 Å². The van der Waals surface area contributed by atoms with E-state index in [4.69, 9.17) is 4.74 Å². The van der Waals surface area contributed by atoms with Crippen LogP contribution in [0.25, 0.3) is 0 Å². The van der Waals surface area contributed by atoms with Crippen LogP contribution in [0.1, 0.15) is 26.7 Å². The van der Waals surface area contributed by atoms with Gasteiger partial charge in [-0.3, -0.25) is 0 Å². The normalized spacial score (nSPS) is 20.4. The Morgan fingerprint density at radius 3 is 2.53 bits per heavy atom. The maximum atomic E-state index is 11.7. The second-order valence-corrected chi connectivity index (χ2v) is 6.84. The van der Waals surface area contributed by atoms with Crippen molar-refractivity contribution in [3.63, 3.8) is 0 Å². The van der Waals surface area contributed by atoms with Crippen molar-refractivity contribution in [3.8, 4) is 0 Å². The largest absolute Gasteiger partial charge is 0.381 e. The molecule has 0 radical (unpaired) electrons. The molecular weight excluding hydrogens is 240 g/mol. The van der Waals surface area contributed by atoms with Crippen molar-refractivity contribution < 1.29 is 13.2 Å². The summed E-state index contributed by atoms with van der Waals surface area (Å²) >= 11 is 0. The Hall–Kier alpha value is -0.170. The van der Waals surface area contributed by atoms with Crippen LogP contribution in [0.5, 0.6) is 0 Å². The molecule has 1 rings (SSSR count). The van der Waals surface area contributed by atoms with Crippen molar-refractivity contribution in [3.05, 3.63) is 0 Å². The maximum Gasteiger partial charge on any atom is 0.212 e. The highest BCUT2D eigenvalue weighted by molar-refractivity contribution is 7.89. The number of sulfonamides is 1. The summed E-state index contributed by atoms with van der Waals surface area (Å²) in [7, 11) is -3.14. The smallest absolute Gasteiger partial charge is 0.212 e. The molecule has 0 bridgehead atoms. The molecule has 102 valence electrons. The first-order valence-corrected chi connectivity index (χ1v) is 7.88. The zero-order chi connectivity index (χ0) is 12.8. The summed E-state index contributed by atoms with van der Waals surface area (Å²) in [5.41, 5.74) is 0.0451. The fourth-order valence-electron chi connectivity index (χ4n) is 1.78. The molecule has 0 aliphatic carbocycles. The molecule has 5 nitrogen and oxygen atoms in total. The second kappa shape index (κ2) is 6.68. The predicted octanol–water partition coefficient (Wildman–Crippen LogP) is 0.332. The zero-order valence-corrected chi connectivity index (χ0v) is 11.6. The molecule has 1 fully saturated rings. The lowest BCUT2D eigenvalue weighted by Crippen LogP contribution is -2.41. The van der Waals surface area contributed by atoms with Crippen LogP contribution >= 0.6 is 0 Å². The molecule has 0 amide bonds. The van der Waals surface area contributed by atoms with E-state index in [1.165, 1.54) is 0 Å². The van der Waals surface area contributed by atoms with Gasteiger partial charge in [0.25, 0.3) is 0 Å². The topological polar surface area (TPSA) is 67.4 Å². The molecule has 17 heavy (non-hydrogen) atoms. The van der Waals surface area contributed by atoms with Gasteiger partial charge >= 0.3 is 0 Å². The Morgan fingerprint density at radius 2 is 1.94 bits per heavy atom. The SMILES string of the molecule is CCNCCS(=O)(=O)NCC1(C)CCOCC1. The van der Waals surface area contributed by atoms with Crippen molar-refractivity contribution in [2.75, 3.05) is 38.6 Å². The Bertz CT molecular complexity index is 311. The van der Waals surface area contributed by atoms with Crippen LogP contribution in [-0.4, -0.2) is 47.0 Å². The van der Waals surface area contributed by atoms with Crippen LogP contribution in [0.3, 0.4) is 0 Å². The van der Waals surface area contributed by atoms with E-state index >= 15 is 0 Å². The van der Waals surface area contributed by atoms with E-state index in [2.05, 4.69) is 17.0 Å². The number of nitrogens with one attached hydrogen (secondary N) is 2. The summed E-state index contributed by atoms with van der Waals surface area (Å²) in [6, 6.07) is 0. The van der Waals surface area contributed by atoms with E-state index in [1.54, 1.807) is 0 Å². The van der Waals surface area contributed by atoms with Crippen LogP contribution in [-0.2, 0) is 14.8 Å². The van der Waals surface area contributed by atoms with Gasteiger partial charge in [0.2, 0.25) is 10.0 Å². The molecule has 6 heteroatoms. The molecule has 1 heterocycles.